The highest BCUT2D eigenvalue weighted by Crippen LogP contribution is 2.15. The minimum absolute atomic E-state index is 0.0789. The van der Waals surface area contributed by atoms with E-state index in [1.54, 1.807) is 35.8 Å². The van der Waals surface area contributed by atoms with Gasteiger partial charge in [-0.2, -0.15) is 11.8 Å². The van der Waals surface area contributed by atoms with E-state index >= 15 is 0 Å². The highest BCUT2D eigenvalue weighted by molar-refractivity contribution is 9.10. The summed E-state index contributed by atoms with van der Waals surface area (Å²) in [4.78, 5) is 13.3. The molecule has 3 nitrogen and oxygen atoms in total. The molecule has 14 heavy (non-hydrogen) atoms. The summed E-state index contributed by atoms with van der Waals surface area (Å²) in [6, 6.07) is 3.39. The van der Waals surface area contributed by atoms with Gasteiger partial charge in [0.15, 0.2) is 10.4 Å². The minimum Gasteiger partial charge on any atom is -0.444 e. The first-order valence-corrected chi connectivity index (χ1v) is 6.33. The van der Waals surface area contributed by atoms with E-state index in [1.807, 2.05) is 6.26 Å². The fraction of sp³-hybridized carbons (Fsp3) is 0.444. The summed E-state index contributed by atoms with van der Waals surface area (Å²) in [7, 11) is 1.77. The van der Waals surface area contributed by atoms with Crippen LogP contribution >= 0.6 is 27.7 Å². The van der Waals surface area contributed by atoms with Crippen LogP contribution in [0.5, 0.6) is 0 Å². The van der Waals surface area contributed by atoms with Crippen LogP contribution in [0.1, 0.15) is 10.6 Å². The number of hydrogen-bond acceptors (Lipinski definition) is 3. The zero-order chi connectivity index (χ0) is 10.6. The molecule has 0 bridgehead atoms. The molecule has 0 saturated carbocycles. The first-order chi connectivity index (χ1) is 6.65. The summed E-state index contributed by atoms with van der Waals surface area (Å²) >= 11 is 4.87. The van der Waals surface area contributed by atoms with Crippen molar-refractivity contribution in [3.63, 3.8) is 0 Å². The maximum atomic E-state index is 11.7. The number of thioether (sulfide) groups is 1. The number of furan rings is 1. The van der Waals surface area contributed by atoms with E-state index in [2.05, 4.69) is 15.9 Å². The SMILES string of the molecule is CSCCN(C)C(=O)c1ccc(Br)o1. The van der Waals surface area contributed by atoms with Gasteiger partial charge < -0.3 is 9.32 Å². The lowest BCUT2D eigenvalue weighted by atomic mass is 10.4. The lowest BCUT2D eigenvalue weighted by Gasteiger charge is -2.14. The first-order valence-electron chi connectivity index (χ1n) is 4.15. The third-order valence-corrected chi connectivity index (χ3v) is 2.78. The second kappa shape index (κ2) is 5.46. The number of amides is 1. The van der Waals surface area contributed by atoms with Crippen molar-refractivity contribution in [2.45, 2.75) is 0 Å². The molecular weight excluding hydrogens is 266 g/mol. The van der Waals surface area contributed by atoms with E-state index in [9.17, 15) is 4.79 Å². The topological polar surface area (TPSA) is 33.5 Å². The van der Waals surface area contributed by atoms with Crippen molar-refractivity contribution < 1.29 is 9.21 Å². The molecule has 0 aliphatic carbocycles. The molecule has 0 radical (unpaired) electrons. The number of nitrogens with zero attached hydrogens (tertiary/aromatic N) is 1. The van der Waals surface area contributed by atoms with E-state index in [1.165, 1.54) is 0 Å². The molecule has 0 unspecified atom stereocenters. The standard InChI is InChI=1S/C9H12BrNO2S/c1-11(5-6-14-2)9(12)7-3-4-8(10)13-7/h3-4H,5-6H2,1-2H3. The van der Waals surface area contributed by atoms with E-state index in [4.69, 9.17) is 4.42 Å². The zero-order valence-corrected chi connectivity index (χ0v) is 10.5. The van der Waals surface area contributed by atoms with Gasteiger partial charge in [-0.1, -0.05) is 0 Å². The Morgan fingerprint density at radius 3 is 2.86 bits per heavy atom. The fourth-order valence-electron chi connectivity index (χ4n) is 0.947. The average molecular weight is 278 g/mol. The van der Waals surface area contributed by atoms with Crippen molar-refractivity contribution in [1.29, 1.82) is 0 Å². The van der Waals surface area contributed by atoms with Crippen molar-refractivity contribution in [1.82, 2.24) is 4.90 Å². The van der Waals surface area contributed by atoms with Crippen LogP contribution in [0.25, 0.3) is 0 Å². The van der Waals surface area contributed by atoms with Crippen molar-refractivity contribution in [2.24, 2.45) is 0 Å². The fourth-order valence-corrected chi connectivity index (χ4v) is 1.71. The molecule has 0 spiro atoms. The van der Waals surface area contributed by atoms with Crippen molar-refractivity contribution >= 4 is 33.6 Å². The largest absolute Gasteiger partial charge is 0.444 e. The number of carbonyl (C=O) groups excluding carboxylic acids is 1. The van der Waals surface area contributed by atoms with Crippen molar-refractivity contribution in [3.8, 4) is 0 Å². The van der Waals surface area contributed by atoms with Crippen molar-refractivity contribution in [2.75, 3.05) is 25.6 Å². The highest BCUT2D eigenvalue weighted by atomic mass is 79.9. The maximum absolute atomic E-state index is 11.7. The normalized spacial score (nSPS) is 10.2. The molecule has 5 heteroatoms. The maximum Gasteiger partial charge on any atom is 0.289 e. The molecule has 0 aliphatic rings. The van der Waals surface area contributed by atoms with Gasteiger partial charge in [-0.05, 0) is 34.3 Å². The molecule has 0 aliphatic heterocycles. The van der Waals surface area contributed by atoms with Gasteiger partial charge in [0.05, 0.1) is 0 Å². The summed E-state index contributed by atoms with van der Waals surface area (Å²) in [6.45, 7) is 0.734. The van der Waals surface area contributed by atoms with Crippen LogP contribution in [-0.4, -0.2) is 36.4 Å². The lowest BCUT2D eigenvalue weighted by Crippen LogP contribution is -2.28. The summed E-state index contributed by atoms with van der Waals surface area (Å²) in [5.41, 5.74) is 0. The predicted octanol–water partition coefficient (Wildman–Crippen LogP) is 2.48. The van der Waals surface area contributed by atoms with Crippen LogP contribution in [-0.2, 0) is 0 Å². The van der Waals surface area contributed by atoms with Gasteiger partial charge in [0.2, 0.25) is 0 Å². The Bertz CT molecular complexity index is 314. The Labute approximate surface area is 96.0 Å². The Hall–Kier alpha value is -0.420. The molecule has 0 atom stereocenters. The number of rotatable bonds is 4. The van der Waals surface area contributed by atoms with E-state index in [0.717, 1.165) is 12.3 Å². The molecule has 1 amide bonds. The van der Waals surface area contributed by atoms with Gasteiger partial charge in [0.25, 0.3) is 5.91 Å². The molecule has 0 aromatic carbocycles. The molecule has 0 N–H and O–H groups in total. The first kappa shape index (κ1) is 11.7. The third-order valence-electron chi connectivity index (χ3n) is 1.76. The Balaban J connectivity index is 2.56. The van der Waals surface area contributed by atoms with Gasteiger partial charge in [-0.25, -0.2) is 0 Å². The number of carbonyl (C=O) groups is 1. The minimum atomic E-state index is -0.0789. The third kappa shape index (κ3) is 3.06. The zero-order valence-electron chi connectivity index (χ0n) is 8.12. The molecule has 1 aromatic heterocycles. The summed E-state index contributed by atoms with van der Waals surface area (Å²) < 4.78 is 5.75. The van der Waals surface area contributed by atoms with Crippen LogP contribution in [0, 0.1) is 0 Å². The van der Waals surface area contributed by atoms with Crippen LogP contribution < -0.4 is 0 Å². The monoisotopic (exact) mass is 277 g/mol. The Kier molecular flexibility index (Phi) is 4.54. The van der Waals surface area contributed by atoms with E-state index in [0.29, 0.717) is 10.4 Å². The molecule has 78 valence electrons. The number of halogens is 1. The average Bonchev–Trinajstić information content (AvgIpc) is 2.60. The van der Waals surface area contributed by atoms with Gasteiger partial charge in [0.1, 0.15) is 0 Å². The Morgan fingerprint density at radius 1 is 1.64 bits per heavy atom. The predicted molar refractivity (Wildman–Crippen MR) is 61.8 cm³/mol. The summed E-state index contributed by atoms with van der Waals surface area (Å²) in [5.74, 6) is 1.23. The molecule has 0 fully saturated rings. The highest BCUT2D eigenvalue weighted by Gasteiger charge is 2.14. The van der Waals surface area contributed by atoms with Gasteiger partial charge >= 0.3 is 0 Å². The van der Waals surface area contributed by atoms with Crippen LogP contribution in [0.3, 0.4) is 0 Å². The molecule has 0 saturated heterocycles. The van der Waals surface area contributed by atoms with E-state index < -0.39 is 0 Å². The smallest absolute Gasteiger partial charge is 0.289 e. The van der Waals surface area contributed by atoms with Gasteiger partial charge in [0, 0.05) is 19.3 Å². The second-order valence-corrected chi connectivity index (χ2v) is 4.59. The second-order valence-electron chi connectivity index (χ2n) is 2.82. The van der Waals surface area contributed by atoms with Crippen molar-refractivity contribution in [3.05, 3.63) is 22.6 Å². The molecule has 1 rings (SSSR count). The van der Waals surface area contributed by atoms with Gasteiger partial charge in [-0.15, -0.1) is 0 Å². The van der Waals surface area contributed by atoms with Crippen LogP contribution in [0.15, 0.2) is 21.2 Å². The molecule has 1 heterocycles. The van der Waals surface area contributed by atoms with Crippen LogP contribution in [0.2, 0.25) is 0 Å². The summed E-state index contributed by atoms with van der Waals surface area (Å²) in [6.07, 6.45) is 2.02. The van der Waals surface area contributed by atoms with E-state index in [-0.39, 0.29) is 5.91 Å². The lowest BCUT2D eigenvalue weighted by molar-refractivity contribution is 0.0771. The molecule has 1 aromatic rings. The molecular formula is C9H12BrNO2S. The number of hydrogen-bond donors (Lipinski definition) is 0. The van der Waals surface area contributed by atoms with Crippen LogP contribution in [0.4, 0.5) is 0 Å². The summed E-state index contributed by atoms with van der Waals surface area (Å²) in [5, 5.41) is 0. The van der Waals surface area contributed by atoms with Gasteiger partial charge in [-0.3, -0.25) is 4.79 Å². The Morgan fingerprint density at radius 2 is 2.36 bits per heavy atom. The quantitative estimate of drug-likeness (QED) is 0.848.